The van der Waals surface area contributed by atoms with Crippen molar-refractivity contribution < 1.29 is 4.92 Å². The Morgan fingerprint density at radius 1 is 1.28 bits per heavy atom. The summed E-state index contributed by atoms with van der Waals surface area (Å²) in [6.07, 6.45) is 8.49. The Bertz CT molecular complexity index is 428. The standard InChI is InChI=1S/C14H18BrNO2/c15-13-8-9-14(16(17)18)12(10-13)7-6-11-4-2-1-3-5-11/h8-11H,1-7H2. The number of nitro groups is 1. The van der Waals surface area contributed by atoms with Gasteiger partial charge in [-0.15, -0.1) is 0 Å². The first kappa shape index (κ1) is 13.5. The maximum Gasteiger partial charge on any atom is 0.272 e. The summed E-state index contributed by atoms with van der Waals surface area (Å²) in [5, 5.41) is 11.0. The number of benzene rings is 1. The van der Waals surface area contributed by atoms with Crippen LogP contribution in [0.2, 0.25) is 0 Å². The molecular formula is C14H18BrNO2. The molecule has 0 spiro atoms. The van der Waals surface area contributed by atoms with Crippen LogP contribution in [-0.2, 0) is 6.42 Å². The summed E-state index contributed by atoms with van der Waals surface area (Å²) in [6.45, 7) is 0. The second kappa shape index (κ2) is 6.32. The number of nitro benzene ring substituents is 1. The molecule has 1 aromatic carbocycles. The second-order valence-electron chi connectivity index (χ2n) is 5.07. The molecule has 0 heterocycles. The van der Waals surface area contributed by atoms with Crippen LogP contribution in [0.3, 0.4) is 0 Å². The van der Waals surface area contributed by atoms with Crippen LogP contribution < -0.4 is 0 Å². The molecule has 0 aromatic heterocycles. The SMILES string of the molecule is O=[N+]([O-])c1ccc(Br)cc1CCC1CCCCC1. The van der Waals surface area contributed by atoms with Crippen molar-refractivity contribution in [3.05, 3.63) is 38.3 Å². The summed E-state index contributed by atoms with van der Waals surface area (Å²) in [7, 11) is 0. The Morgan fingerprint density at radius 3 is 2.67 bits per heavy atom. The average molecular weight is 312 g/mol. The summed E-state index contributed by atoms with van der Waals surface area (Å²) in [5.74, 6) is 0.761. The van der Waals surface area contributed by atoms with Gasteiger partial charge in [-0.1, -0.05) is 48.0 Å². The van der Waals surface area contributed by atoms with Gasteiger partial charge in [0.2, 0.25) is 0 Å². The molecule has 0 unspecified atom stereocenters. The van der Waals surface area contributed by atoms with Crippen LogP contribution in [0.5, 0.6) is 0 Å². The van der Waals surface area contributed by atoms with E-state index < -0.39 is 0 Å². The molecule has 0 aliphatic heterocycles. The third-order valence-electron chi connectivity index (χ3n) is 3.78. The summed E-state index contributed by atoms with van der Waals surface area (Å²) < 4.78 is 0.923. The van der Waals surface area contributed by atoms with Crippen molar-refractivity contribution in [2.45, 2.75) is 44.9 Å². The largest absolute Gasteiger partial charge is 0.272 e. The van der Waals surface area contributed by atoms with Gasteiger partial charge >= 0.3 is 0 Å². The number of rotatable bonds is 4. The van der Waals surface area contributed by atoms with Crippen molar-refractivity contribution in [3.63, 3.8) is 0 Å². The van der Waals surface area contributed by atoms with E-state index in [-0.39, 0.29) is 10.6 Å². The van der Waals surface area contributed by atoms with E-state index in [0.717, 1.165) is 28.8 Å². The minimum absolute atomic E-state index is 0.258. The van der Waals surface area contributed by atoms with Crippen LogP contribution >= 0.6 is 15.9 Å². The van der Waals surface area contributed by atoms with Crippen LogP contribution in [-0.4, -0.2) is 4.92 Å². The topological polar surface area (TPSA) is 43.1 Å². The molecule has 0 saturated heterocycles. The molecule has 1 aliphatic carbocycles. The van der Waals surface area contributed by atoms with Gasteiger partial charge in [0, 0.05) is 16.1 Å². The molecule has 0 N–H and O–H groups in total. The van der Waals surface area contributed by atoms with Gasteiger partial charge in [0.05, 0.1) is 4.92 Å². The van der Waals surface area contributed by atoms with E-state index >= 15 is 0 Å². The molecule has 2 rings (SSSR count). The smallest absolute Gasteiger partial charge is 0.258 e. The van der Waals surface area contributed by atoms with Crippen LogP contribution in [0.25, 0.3) is 0 Å². The lowest BCUT2D eigenvalue weighted by molar-refractivity contribution is -0.385. The van der Waals surface area contributed by atoms with E-state index in [0.29, 0.717) is 0 Å². The Morgan fingerprint density at radius 2 is 2.00 bits per heavy atom. The van der Waals surface area contributed by atoms with Gasteiger partial charge in [-0.3, -0.25) is 10.1 Å². The molecule has 0 atom stereocenters. The predicted octanol–water partition coefficient (Wildman–Crippen LogP) is 4.87. The Balaban J connectivity index is 2.03. The molecule has 1 fully saturated rings. The van der Waals surface area contributed by atoms with E-state index in [9.17, 15) is 10.1 Å². The van der Waals surface area contributed by atoms with E-state index in [1.807, 2.05) is 6.07 Å². The summed E-state index contributed by atoms with van der Waals surface area (Å²) in [4.78, 5) is 10.7. The number of aryl methyl sites for hydroxylation is 1. The monoisotopic (exact) mass is 311 g/mol. The first-order chi connectivity index (χ1) is 8.66. The first-order valence-electron chi connectivity index (χ1n) is 6.59. The third-order valence-corrected chi connectivity index (χ3v) is 4.28. The zero-order valence-electron chi connectivity index (χ0n) is 10.4. The Labute approximate surface area is 116 Å². The minimum atomic E-state index is -0.275. The molecule has 0 bridgehead atoms. The van der Waals surface area contributed by atoms with Crippen molar-refractivity contribution in [1.82, 2.24) is 0 Å². The summed E-state index contributed by atoms with van der Waals surface area (Å²) in [6, 6.07) is 5.23. The highest BCUT2D eigenvalue weighted by Crippen LogP contribution is 2.30. The highest BCUT2D eigenvalue weighted by molar-refractivity contribution is 9.10. The van der Waals surface area contributed by atoms with Crippen LogP contribution in [0.1, 0.15) is 44.1 Å². The van der Waals surface area contributed by atoms with Gasteiger partial charge in [0.25, 0.3) is 5.69 Å². The molecule has 1 aliphatic rings. The fraction of sp³-hybridized carbons (Fsp3) is 0.571. The lowest BCUT2D eigenvalue weighted by Crippen LogP contribution is -2.08. The summed E-state index contributed by atoms with van der Waals surface area (Å²) >= 11 is 3.39. The molecule has 0 radical (unpaired) electrons. The normalized spacial score (nSPS) is 16.7. The number of hydrogen-bond acceptors (Lipinski definition) is 2. The van der Waals surface area contributed by atoms with Crippen LogP contribution in [0, 0.1) is 16.0 Å². The van der Waals surface area contributed by atoms with E-state index in [4.69, 9.17) is 0 Å². The van der Waals surface area contributed by atoms with Gasteiger partial charge in [-0.25, -0.2) is 0 Å². The van der Waals surface area contributed by atoms with Gasteiger partial charge in [-0.2, -0.15) is 0 Å². The fourth-order valence-electron chi connectivity index (χ4n) is 2.77. The van der Waals surface area contributed by atoms with Crippen molar-refractivity contribution in [2.24, 2.45) is 5.92 Å². The van der Waals surface area contributed by atoms with Crippen LogP contribution in [0.4, 0.5) is 5.69 Å². The molecule has 3 nitrogen and oxygen atoms in total. The molecule has 4 heteroatoms. The van der Waals surface area contributed by atoms with E-state index in [2.05, 4.69) is 15.9 Å². The molecule has 98 valence electrons. The maximum atomic E-state index is 11.0. The van der Waals surface area contributed by atoms with Gasteiger partial charge in [-0.05, 0) is 30.9 Å². The highest BCUT2D eigenvalue weighted by atomic mass is 79.9. The van der Waals surface area contributed by atoms with Crippen molar-refractivity contribution in [3.8, 4) is 0 Å². The predicted molar refractivity (Wildman–Crippen MR) is 75.7 cm³/mol. The van der Waals surface area contributed by atoms with Gasteiger partial charge in [0.15, 0.2) is 0 Å². The summed E-state index contributed by atoms with van der Waals surface area (Å²) in [5.41, 5.74) is 1.12. The van der Waals surface area contributed by atoms with E-state index in [1.165, 1.54) is 32.1 Å². The quantitative estimate of drug-likeness (QED) is 0.588. The van der Waals surface area contributed by atoms with Crippen molar-refractivity contribution >= 4 is 21.6 Å². The fourth-order valence-corrected chi connectivity index (χ4v) is 3.18. The molecular weight excluding hydrogens is 294 g/mol. The zero-order valence-corrected chi connectivity index (χ0v) is 12.0. The number of nitrogens with zero attached hydrogens (tertiary/aromatic N) is 1. The maximum absolute atomic E-state index is 11.0. The minimum Gasteiger partial charge on any atom is -0.258 e. The van der Waals surface area contributed by atoms with Crippen molar-refractivity contribution in [2.75, 3.05) is 0 Å². The van der Waals surface area contributed by atoms with Gasteiger partial charge in [0.1, 0.15) is 0 Å². The molecule has 18 heavy (non-hydrogen) atoms. The molecule has 0 amide bonds. The van der Waals surface area contributed by atoms with Crippen molar-refractivity contribution in [1.29, 1.82) is 0 Å². The van der Waals surface area contributed by atoms with Crippen LogP contribution in [0.15, 0.2) is 22.7 Å². The Kier molecular flexibility index (Phi) is 4.75. The second-order valence-corrected chi connectivity index (χ2v) is 5.99. The zero-order chi connectivity index (χ0) is 13.0. The number of halogens is 1. The Hall–Kier alpha value is -0.900. The third kappa shape index (κ3) is 3.55. The first-order valence-corrected chi connectivity index (χ1v) is 7.39. The molecule has 1 aromatic rings. The van der Waals surface area contributed by atoms with Gasteiger partial charge < -0.3 is 0 Å². The van der Waals surface area contributed by atoms with E-state index in [1.54, 1.807) is 12.1 Å². The lowest BCUT2D eigenvalue weighted by Gasteiger charge is -2.21. The highest BCUT2D eigenvalue weighted by Gasteiger charge is 2.17. The molecule has 1 saturated carbocycles. The average Bonchev–Trinajstić information content (AvgIpc) is 2.37. The lowest BCUT2D eigenvalue weighted by atomic mass is 9.85. The number of hydrogen-bond donors (Lipinski definition) is 0.